The first-order valence-corrected chi connectivity index (χ1v) is 5.02. The highest BCUT2D eigenvalue weighted by atomic mass is 19.4. The van der Waals surface area contributed by atoms with Crippen LogP contribution in [-0.4, -0.2) is 19.3 Å². The van der Waals surface area contributed by atoms with Gasteiger partial charge in [0.1, 0.15) is 0 Å². The molecular weight excluding hydrogens is 191 g/mol. The van der Waals surface area contributed by atoms with Crippen molar-refractivity contribution in [3.63, 3.8) is 0 Å². The molecule has 0 rings (SSSR count). The molecule has 0 spiro atoms. The van der Waals surface area contributed by atoms with Gasteiger partial charge < -0.3 is 5.32 Å². The summed E-state index contributed by atoms with van der Waals surface area (Å²) in [5.41, 5.74) is 0. The fourth-order valence-electron chi connectivity index (χ4n) is 1.45. The van der Waals surface area contributed by atoms with E-state index < -0.39 is 12.6 Å². The van der Waals surface area contributed by atoms with Gasteiger partial charge in [-0.3, -0.25) is 0 Å². The van der Waals surface area contributed by atoms with E-state index in [4.69, 9.17) is 0 Å². The molecule has 0 aliphatic heterocycles. The molecule has 0 aromatic heterocycles. The Hall–Kier alpha value is -0.250. The van der Waals surface area contributed by atoms with Crippen molar-refractivity contribution in [2.45, 2.75) is 45.8 Å². The van der Waals surface area contributed by atoms with Gasteiger partial charge >= 0.3 is 6.18 Å². The minimum absolute atomic E-state index is 0.0448. The van der Waals surface area contributed by atoms with Gasteiger partial charge in [0.15, 0.2) is 0 Å². The molecule has 0 aliphatic carbocycles. The smallest absolute Gasteiger partial charge is 0.317 e. The fourth-order valence-corrected chi connectivity index (χ4v) is 1.45. The van der Waals surface area contributed by atoms with E-state index in [1.165, 1.54) is 0 Å². The van der Waals surface area contributed by atoms with Crippen LogP contribution in [0.5, 0.6) is 0 Å². The average Bonchev–Trinajstić information content (AvgIpc) is 2.02. The van der Waals surface area contributed by atoms with Gasteiger partial charge in [-0.25, -0.2) is 0 Å². The predicted octanol–water partition coefficient (Wildman–Crippen LogP) is 3.21. The van der Waals surface area contributed by atoms with Gasteiger partial charge in [-0.1, -0.05) is 20.8 Å². The Kier molecular flexibility index (Phi) is 5.49. The van der Waals surface area contributed by atoms with Crippen molar-refractivity contribution in [2.75, 3.05) is 7.05 Å². The summed E-state index contributed by atoms with van der Waals surface area (Å²) in [4.78, 5) is 0. The third-order valence-electron chi connectivity index (χ3n) is 2.80. The maximum atomic E-state index is 12.0. The van der Waals surface area contributed by atoms with Crippen molar-refractivity contribution in [2.24, 2.45) is 11.8 Å². The highest BCUT2D eigenvalue weighted by Gasteiger charge is 2.29. The zero-order chi connectivity index (χ0) is 11.4. The van der Waals surface area contributed by atoms with E-state index in [-0.39, 0.29) is 18.4 Å². The Bertz CT molecular complexity index is 154. The van der Waals surface area contributed by atoms with Crippen LogP contribution in [0.4, 0.5) is 13.2 Å². The Balaban J connectivity index is 4.03. The first-order chi connectivity index (χ1) is 6.28. The maximum absolute atomic E-state index is 12.0. The highest BCUT2D eigenvalue weighted by molar-refractivity contribution is 4.75. The van der Waals surface area contributed by atoms with E-state index in [0.717, 1.165) is 0 Å². The quantitative estimate of drug-likeness (QED) is 0.736. The van der Waals surface area contributed by atoms with Gasteiger partial charge in [-0.15, -0.1) is 0 Å². The number of hydrogen-bond acceptors (Lipinski definition) is 1. The zero-order valence-corrected chi connectivity index (χ0v) is 9.28. The van der Waals surface area contributed by atoms with Crippen molar-refractivity contribution in [3.8, 4) is 0 Å². The molecule has 0 saturated carbocycles. The normalized spacial score (nSPS) is 17.1. The number of rotatable bonds is 5. The molecule has 0 heterocycles. The van der Waals surface area contributed by atoms with Crippen molar-refractivity contribution in [1.29, 1.82) is 0 Å². The molecule has 2 unspecified atom stereocenters. The van der Waals surface area contributed by atoms with E-state index in [1.54, 1.807) is 7.05 Å². The van der Waals surface area contributed by atoms with Crippen LogP contribution < -0.4 is 5.32 Å². The number of hydrogen-bond donors (Lipinski definition) is 1. The van der Waals surface area contributed by atoms with Crippen LogP contribution in [0.15, 0.2) is 0 Å². The van der Waals surface area contributed by atoms with Gasteiger partial charge in [0.05, 0.1) is 0 Å². The van der Waals surface area contributed by atoms with Crippen LogP contribution in [0.3, 0.4) is 0 Å². The summed E-state index contributed by atoms with van der Waals surface area (Å²) < 4.78 is 36.0. The third-order valence-corrected chi connectivity index (χ3v) is 2.80. The van der Waals surface area contributed by atoms with Gasteiger partial charge in [0.25, 0.3) is 0 Å². The topological polar surface area (TPSA) is 12.0 Å². The molecule has 1 nitrogen and oxygen atoms in total. The lowest BCUT2D eigenvalue weighted by Crippen LogP contribution is -2.35. The summed E-state index contributed by atoms with van der Waals surface area (Å²) in [6, 6.07) is -0.0448. The summed E-state index contributed by atoms with van der Waals surface area (Å²) >= 11 is 0. The molecule has 14 heavy (non-hydrogen) atoms. The first kappa shape index (κ1) is 13.8. The summed E-state index contributed by atoms with van der Waals surface area (Å²) in [6.45, 7) is 6.05. The lowest BCUT2D eigenvalue weighted by molar-refractivity contribution is -0.137. The Morgan fingerprint density at radius 2 is 1.64 bits per heavy atom. The SMILES string of the molecule is CNC(CCC(F)(F)F)C(C)C(C)C. The Morgan fingerprint density at radius 1 is 1.14 bits per heavy atom. The summed E-state index contributed by atoms with van der Waals surface area (Å²) in [5.74, 6) is 0.669. The van der Waals surface area contributed by atoms with Crippen LogP contribution in [0, 0.1) is 11.8 Å². The monoisotopic (exact) mass is 211 g/mol. The molecule has 4 heteroatoms. The van der Waals surface area contributed by atoms with Crippen LogP contribution in [-0.2, 0) is 0 Å². The second kappa shape index (κ2) is 5.59. The average molecular weight is 211 g/mol. The number of halogens is 3. The lowest BCUT2D eigenvalue weighted by atomic mass is 9.88. The summed E-state index contributed by atoms with van der Waals surface area (Å²) in [7, 11) is 1.72. The Labute approximate surface area is 84.1 Å². The molecule has 0 aliphatic rings. The van der Waals surface area contributed by atoms with Gasteiger partial charge in [0.2, 0.25) is 0 Å². The molecule has 0 radical (unpaired) electrons. The van der Waals surface area contributed by atoms with Crippen molar-refractivity contribution >= 4 is 0 Å². The molecular formula is C10H20F3N. The van der Waals surface area contributed by atoms with E-state index in [0.29, 0.717) is 5.92 Å². The molecule has 0 saturated heterocycles. The minimum atomic E-state index is -4.04. The standard InChI is InChI=1S/C10H20F3N/c1-7(2)8(3)9(14-4)5-6-10(11,12)13/h7-9,14H,5-6H2,1-4H3. The Morgan fingerprint density at radius 3 is 1.93 bits per heavy atom. The molecule has 0 aromatic rings. The van der Waals surface area contributed by atoms with Crippen molar-refractivity contribution < 1.29 is 13.2 Å². The maximum Gasteiger partial charge on any atom is 0.389 e. The van der Waals surface area contributed by atoms with Gasteiger partial charge in [-0.2, -0.15) is 13.2 Å². The zero-order valence-electron chi connectivity index (χ0n) is 9.28. The largest absolute Gasteiger partial charge is 0.389 e. The first-order valence-electron chi connectivity index (χ1n) is 5.02. The molecule has 0 bridgehead atoms. The van der Waals surface area contributed by atoms with Crippen LogP contribution in [0.2, 0.25) is 0 Å². The second-order valence-electron chi connectivity index (χ2n) is 4.15. The highest BCUT2D eigenvalue weighted by Crippen LogP contribution is 2.25. The molecule has 0 aromatic carbocycles. The fraction of sp³-hybridized carbons (Fsp3) is 1.00. The van der Waals surface area contributed by atoms with Crippen LogP contribution >= 0.6 is 0 Å². The van der Waals surface area contributed by atoms with E-state index in [1.807, 2.05) is 20.8 Å². The third kappa shape index (κ3) is 5.47. The lowest BCUT2D eigenvalue weighted by Gasteiger charge is -2.27. The summed E-state index contributed by atoms with van der Waals surface area (Å²) in [6.07, 6.45) is -4.57. The van der Waals surface area contributed by atoms with Gasteiger partial charge in [0, 0.05) is 12.5 Å². The molecule has 86 valence electrons. The minimum Gasteiger partial charge on any atom is -0.317 e. The molecule has 0 fully saturated rings. The van der Waals surface area contributed by atoms with Gasteiger partial charge in [-0.05, 0) is 25.3 Å². The van der Waals surface area contributed by atoms with E-state index >= 15 is 0 Å². The summed E-state index contributed by atoms with van der Waals surface area (Å²) in [5, 5.41) is 2.96. The number of alkyl halides is 3. The van der Waals surface area contributed by atoms with E-state index in [2.05, 4.69) is 5.32 Å². The van der Waals surface area contributed by atoms with Crippen LogP contribution in [0.25, 0.3) is 0 Å². The van der Waals surface area contributed by atoms with E-state index in [9.17, 15) is 13.2 Å². The molecule has 2 atom stereocenters. The van der Waals surface area contributed by atoms with Crippen molar-refractivity contribution in [3.05, 3.63) is 0 Å². The molecule has 0 amide bonds. The predicted molar refractivity (Wildman–Crippen MR) is 52.1 cm³/mol. The number of nitrogens with one attached hydrogen (secondary N) is 1. The van der Waals surface area contributed by atoms with Crippen LogP contribution in [0.1, 0.15) is 33.6 Å². The second-order valence-corrected chi connectivity index (χ2v) is 4.15. The molecule has 1 N–H and O–H groups in total. The van der Waals surface area contributed by atoms with Crippen molar-refractivity contribution in [1.82, 2.24) is 5.32 Å².